The first kappa shape index (κ1) is 16.6. The van der Waals surface area contributed by atoms with Gasteiger partial charge in [0.05, 0.1) is 0 Å². The lowest BCUT2D eigenvalue weighted by Crippen LogP contribution is -2.38. The minimum Gasteiger partial charge on any atom is -0.368 e. The number of hydrogen-bond acceptors (Lipinski definition) is 2. The predicted molar refractivity (Wildman–Crippen MR) is 73.3 cm³/mol. The zero-order chi connectivity index (χ0) is 13.1. The van der Waals surface area contributed by atoms with E-state index in [9.17, 15) is 4.79 Å². The quantitative estimate of drug-likeness (QED) is 0.498. The maximum atomic E-state index is 12.0. The van der Waals surface area contributed by atoms with Gasteiger partial charge in [-0.15, -0.1) is 0 Å². The molecular formula is C15H30O2. The highest BCUT2D eigenvalue weighted by atomic mass is 16.5. The van der Waals surface area contributed by atoms with Gasteiger partial charge in [0.1, 0.15) is 5.60 Å². The van der Waals surface area contributed by atoms with Crippen molar-refractivity contribution in [2.75, 3.05) is 6.61 Å². The van der Waals surface area contributed by atoms with Crippen molar-refractivity contribution >= 4 is 5.78 Å². The molecule has 0 N–H and O–H groups in total. The van der Waals surface area contributed by atoms with E-state index in [2.05, 4.69) is 6.92 Å². The van der Waals surface area contributed by atoms with Crippen LogP contribution in [0.4, 0.5) is 0 Å². The summed E-state index contributed by atoms with van der Waals surface area (Å²) in [6.07, 6.45) is 8.60. The number of Topliss-reactive ketones (excluding diaryl/α,β-unsaturated/α-hetero) is 1. The molecule has 102 valence electrons. The van der Waals surface area contributed by atoms with Crippen LogP contribution in [0.2, 0.25) is 0 Å². The van der Waals surface area contributed by atoms with Gasteiger partial charge in [-0.25, -0.2) is 0 Å². The molecule has 0 radical (unpaired) electrons. The maximum absolute atomic E-state index is 12.0. The molecule has 0 aromatic heterocycles. The van der Waals surface area contributed by atoms with Crippen molar-refractivity contribution in [2.45, 2.75) is 84.7 Å². The molecule has 1 unspecified atom stereocenters. The molecule has 1 atom stereocenters. The van der Waals surface area contributed by atoms with E-state index in [0.29, 0.717) is 13.0 Å². The van der Waals surface area contributed by atoms with Crippen molar-refractivity contribution in [1.29, 1.82) is 0 Å². The van der Waals surface area contributed by atoms with E-state index in [-0.39, 0.29) is 5.78 Å². The Kier molecular flexibility index (Phi) is 9.43. The van der Waals surface area contributed by atoms with Gasteiger partial charge in [0.15, 0.2) is 5.78 Å². The second kappa shape index (κ2) is 9.64. The van der Waals surface area contributed by atoms with E-state index in [4.69, 9.17) is 4.74 Å². The highest BCUT2D eigenvalue weighted by Crippen LogP contribution is 2.23. The van der Waals surface area contributed by atoms with Crippen LogP contribution in [-0.2, 0) is 9.53 Å². The summed E-state index contributed by atoms with van der Waals surface area (Å²) in [5.74, 6) is 0.275. The van der Waals surface area contributed by atoms with Crippen LogP contribution in [0.5, 0.6) is 0 Å². The van der Waals surface area contributed by atoms with E-state index < -0.39 is 5.60 Å². The normalized spacial score (nSPS) is 14.6. The predicted octanol–water partition coefficient (Wildman–Crippen LogP) is 4.51. The molecule has 0 rings (SSSR count). The van der Waals surface area contributed by atoms with Gasteiger partial charge in [-0.1, -0.05) is 46.0 Å². The fourth-order valence-electron chi connectivity index (χ4n) is 2.17. The molecule has 2 nitrogen and oxygen atoms in total. The third-order valence-corrected chi connectivity index (χ3v) is 3.29. The lowest BCUT2D eigenvalue weighted by atomic mass is 9.90. The van der Waals surface area contributed by atoms with Crippen LogP contribution in [0.3, 0.4) is 0 Å². The Bertz CT molecular complexity index is 201. The standard InChI is InChI=1S/C15H30O2/c1-5-8-9-10-11-13-15(4,17-7-3)14(16)12-6-2/h5-13H2,1-4H3. The van der Waals surface area contributed by atoms with E-state index in [0.717, 1.165) is 19.3 Å². The Morgan fingerprint density at radius 3 is 2.18 bits per heavy atom. The van der Waals surface area contributed by atoms with Crippen LogP contribution in [0.25, 0.3) is 0 Å². The summed E-state index contributed by atoms with van der Waals surface area (Å²) in [4.78, 5) is 12.0. The summed E-state index contributed by atoms with van der Waals surface area (Å²) in [6.45, 7) is 8.82. The molecule has 0 bridgehead atoms. The molecule has 0 aliphatic heterocycles. The van der Waals surface area contributed by atoms with Crippen LogP contribution in [0.1, 0.15) is 79.1 Å². The molecule has 0 aliphatic rings. The van der Waals surface area contributed by atoms with Crippen molar-refractivity contribution in [1.82, 2.24) is 0 Å². The number of ether oxygens (including phenoxy) is 1. The fraction of sp³-hybridized carbons (Fsp3) is 0.933. The van der Waals surface area contributed by atoms with Crippen LogP contribution < -0.4 is 0 Å². The molecule has 0 spiro atoms. The van der Waals surface area contributed by atoms with Gasteiger partial charge in [-0.2, -0.15) is 0 Å². The van der Waals surface area contributed by atoms with Gasteiger partial charge >= 0.3 is 0 Å². The summed E-state index contributed by atoms with van der Waals surface area (Å²) in [6, 6.07) is 0. The van der Waals surface area contributed by atoms with Gasteiger partial charge in [-0.05, 0) is 26.7 Å². The zero-order valence-electron chi connectivity index (χ0n) is 12.2. The number of carbonyl (C=O) groups excluding carboxylic acids is 1. The Morgan fingerprint density at radius 2 is 1.65 bits per heavy atom. The van der Waals surface area contributed by atoms with Crippen molar-refractivity contribution in [2.24, 2.45) is 0 Å². The molecule has 17 heavy (non-hydrogen) atoms. The molecule has 0 saturated heterocycles. The first-order valence-electron chi connectivity index (χ1n) is 7.28. The first-order chi connectivity index (χ1) is 8.10. The van der Waals surface area contributed by atoms with Gasteiger partial charge in [0, 0.05) is 13.0 Å². The summed E-state index contributed by atoms with van der Waals surface area (Å²) in [7, 11) is 0. The molecule has 0 heterocycles. The highest BCUT2D eigenvalue weighted by molar-refractivity contribution is 5.86. The Hall–Kier alpha value is -0.370. The third-order valence-electron chi connectivity index (χ3n) is 3.29. The molecule has 0 fully saturated rings. The van der Waals surface area contributed by atoms with E-state index in [1.54, 1.807) is 0 Å². The molecule has 0 saturated carbocycles. The van der Waals surface area contributed by atoms with Gasteiger partial charge < -0.3 is 4.74 Å². The summed E-state index contributed by atoms with van der Waals surface area (Å²) in [5.41, 5.74) is -0.531. The number of unbranched alkanes of at least 4 members (excludes halogenated alkanes) is 4. The highest BCUT2D eigenvalue weighted by Gasteiger charge is 2.31. The summed E-state index contributed by atoms with van der Waals surface area (Å²) < 4.78 is 5.70. The fourth-order valence-corrected chi connectivity index (χ4v) is 2.17. The number of rotatable bonds is 11. The lowest BCUT2D eigenvalue weighted by molar-refractivity contribution is -0.143. The van der Waals surface area contributed by atoms with E-state index in [1.807, 2.05) is 20.8 Å². The lowest BCUT2D eigenvalue weighted by Gasteiger charge is -2.28. The van der Waals surface area contributed by atoms with Gasteiger partial charge in [0.25, 0.3) is 0 Å². The van der Waals surface area contributed by atoms with Crippen molar-refractivity contribution in [3.05, 3.63) is 0 Å². The van der Waals surface area contributed by atoms with Gasteiger partial charge in [-0.3, -0.25) is 4.79 Å². The second-order valence-corrected chi connectivity index (χ2v) is 5.00. The Labute approximate surface area is 107 Å². The van der Waals surface area contributed by atoms with E-state index in [1.165, 1.54) is 25.7 Å². The number of ketones is 1. The van der Waals surface area contributed by atoms with E-state index >= 15 is 0 Å². The van der Waals surface area contributed by atoms with Crippen molar-refractivity contribution < 1.29 is 9.53 Å². The molecule has 2 heteroatoms. The minimum atomic E-state index is -0.531. The molecule has 0 aromatic rings. The zero-order valence-corrected chi connectivity index (χ0v) is 12.2. The van der Waals surface area contributed by atoms with Gasteiger partial charge in [0.2, 0.25) is 0 Å². The third kappa shape index (κ3) is 6.82. The first-order valence-corrected chi connectivity index (χ1v) is 7.28. The topological polar surface area (TPSA) is 26.3 Å². The monoisotopic (exact) mass is 242 g/mol. The second-order valence-electron chi connectivity index (χ2n) is 5.00. The number of carbonyl (C=O) groups is 1. The molecular weight excluding hydrogens is 212 g/mol. The Morgan fingerprint density at radius 1 is 1.00 bits per heavy atom. The van der Waals surface area contributed by atoms with Crippen LogP contribution >= 0.6 is 0 Å². The summed E-state index contributed by atoms with van der Waals surface area (Å²) >= 11 is 0. The Balaban J connectivity index is 4.07. The molecule has 0 aliphatic carbocycles. The van der Waals surface area contributed by atoms with Crippen molar-refractivity contribution in [3.8, 4) is 0 Å². The number of hydrogen-bond donors (Lipinski definition) is 0. The van der Waals surface area contributed by atoms with Crippen LogP contribution in [0.15, 0.2) is 0 Å². The smallest absolute Gasteiger partial charge is 0.164 e. The largest absolute Gasteiger partial charge is 0.368 e. The van der Waals surface area contributed by atoms with Crippen molar-refractivity contribution in [3.63, 3.8) is 0 Å². The average Bonchev–Trinajstić information content (AvgIpc) is 2.29. The SMILES string of the molecule is CCCCCCCC(C)(OCC)C(=O)CCC. The summed E-state index contributed by atoms with van der Waals surface area (Å²) in [5, 5.41) is 0. The maximum Gasteiger partial charge on any atom is 0.164 e. The van der Waals surface area contributed by atoms with Crippen LogP contribution in [0, 0.1) is 0 Å². The van der Waals surface area contributed by atoms with Crippen LogP contribution in [-0.4, -0.2) is 18.0 Å². The molecule has 0 amide bonds. The molecule has 0 aromatic carbocycles. The minimum absolute atomic E-state index is 0.275. The average molecular weight is 242 g/mol.